The molecule has 24 heavy (non-hydrogen) atoms. The SMILES string of the molecule is CCOc1ncccc1NC(=O)Cc1c(C)nc2cc[nH]n2c1=O. The summed E-state index contributed by atoms with van der Waals surface area (Å²) in [6, 6.07) is 5.09. The number of nitrogens with zero attached hydrogens (tertiary/aromatic N) is 3. The molecule has 0 aromatic carbocycles. The molecule has 0 radical (unpaired) electrons. The van der Waals surface area contributed by atoms with Crippen LogP contribution in [0.5, 0.6) is 5.88 Å². The van der Waals surface area contributed by atoms with Gasteiger partial charge in [0.2, 0.25) is 11.8 Å². The second-order valence-corrected chi connectivity index (χ2v) is 5.15. The summed E-state index contributed by atoms with van der Waals surface area (Å²) in [4.78, 5) is 33.2. The van der Waals surface area contributed by atoms with Gasteiger partial charge < -0.3 is 10.1 Å². The van der Waals surface area contributed by atoms with Gasteiger partial charge >= 0.3 is 0 Å². The number of aryl methyl sites for hydroxylation is 1. The number of pyridine rings is 1. The summed E-state index contributed by atoms with van der Waals surface area (Å²) >= 11 is 0. The molecule has 0 saturated heterocycles. The maximum absolute atomic E-state index is 12.4. The third kappa shape index (κ3) is 2.98. The summed E-state index contributed by atoms with van der Waals surface area (Å²) in [6.45, 7) is 3.99. The van der Waals surface area contributed by atoms with Crippen LogP contribution in [0.4, 0.5) is 5.69 Å². The molecule has 3 aromatic rings. The van der Waals surface area contributed by atoms with Crippen LogP contribution >= 0.6 is 0 Å². The van der Waals surface area contributed by atoms with Crippen molar-refractivity contribution in [3.8, 4) is 5.88 Å². The first-order valence-electron chi connectivity index (χ1n) is 7.53. The van der Waals surface area contributed by atoms with Gasteiger partial charge in [0.15, 0.2) is 5.65 Å². The lowest BCUT2D eigenvalue weighted by atomic mass is 10.1. The number of carbonyl (C=O) groups is 1. The number of rotatable bonds is 5. The van der Waals surface area contributed by atoms with E-state index in [1.165, 1.54) is 4.52 Å². The van der Waals surface area contributed by atoms with Crippen molar-refractivity contribution in [1.29, 1.82) is 0 Å². The van der Waals surface area contributed by atoms with E-state index in [1.54, 1.807) is 37.5 Å². The first kappa shape index (κ1) is 15.7. The van der Waals surface area contributed by atoms with Crippen LogP contribution in [0.15, 0.2) is 35.4 Å². The van der Waals surface area contributed by atoms with Crippen LogP contribution in [0.25, 0.3) is 5.65 Å². The molecule has 1 amide bonds. The number of ether oxygens (including phenoxy) is 1. The Morgan fingerprint density at radius 1 is 1.42 bits per heavy atom. The van der Waals surface area contributed by atoms with Gasteiger partial charge in [-0.25, -0.2) is 14.5 Å². The van der Waals surface area contributed by atoms with Crippen LogP contribution in [-0.2, 0) is 11.2 Å². The molecule has 0 aliphatic carbocycles. The molecule has 0 bridgehead atoms. The number of amides is 1. The van der Waals surface area contributed by atoms with Crippen LogP contribution in [0.1, 0.15) is 18.2 Å². The number of aromatic nitrogens is 4. The minimum Gasteiger partial charge on any atom is -0.476 e. The van der Waals surface area contributed by atoms with Crippen LogP contribution in [0, 0.1) is 6.92 Å². The van der Waals surface area contributed by atoms with E-state index in [9.17, 15) is 9.59 Å². The number of aromatic amines is 1. The van der Waals surface area contributed by atoms with Gasteiger partial charge in [0.25, 0.3) is 5.56 Å². The number of anilines is 1. The Kier molecular flexibility index (Phi) is 4.28. The highest BCUT2D eigenvalue weighted by atomic mass is 16.5. The van der Waals surface area contributed by atoms with Crippen LogP contribution < -0.4 is 15.6 Å². The summed E-state index contributed by atoms with van der Waals surface area (Å²) in [7, 11) is 0. The topological polar surface area (TPSA) is 101 Å². The molecule has 8 nitrogen and oxygen atoms in total. The lowest BCUT2D eigenvalue weighted by Crippen LogP contribution is -2.26. The zero-order valence-corrected chi connectivity index (χ0v) is 13.4. The predicted molar refractivity (Wildman–Crippen MR) is 88.3 cm³/mol. The van der Waals surface area contributed by atoms with Gasteiger partial charge in [0.1, 0.15) is 5.69 Å². The van der Waals surface area contributed by atoms with Gasteiger partial charge in [0.05, 0.1) is 13.0 Å². The Morgan fingerprint density at radius 2 is 2.25 bits per heavy atom. The summed E-state index contributed by atoms with van der Waals surface area (Å²) in [5.74, 6) is 0.0113. The third-order valence-electron chi connectivity index (χ3n) is 3.51. The summed E-state index contributed by atoms with van der Waals surface area (Å²) in [6.07, 6.45) is 3.12. The van der Waals surface area contributed by atoms with Crippen molar-refractivity contribution < 1.29 is 9.53 Å². The van der Waals surface area contributed by atoms with Gasteiger partial charge in [0, 0.05) is 29.7 Å². The fraction of sp³-hybridized carbons (Fsp3) is 0.250. The molecule has 0 spiro atoms. The van der Waals surface area contributed by atoms with Crippen LogP contribution in [-0.4, -0.2) is 32.1 Å². The molecule has 2 N–H and O–H groups in total. The molecule has 0 saturated carbocycles. The van der Waals surface area contributed by atoms with Crippen molar-refractivity contribution >= 4 is 17.2 Å². The number of nitrogens with one attached hydrogen (secondary N) is 2. The first-order chi connectivity index (χ1) is 11.6. The Bertz CT molecular complexity index is 944. The molecule has 8 heteroatoms. The molecular weight excluding hydrogens is 310 g/mol. The maximum atomic E-state index is 12.4. The quantitative estimate of drug-likeness (QED) is 0.735. The highest BCUT2D eigenvalue weighted by Gasteiger charge is 2.15. The van der Waals surface area contributed by atoms with Crippen molar-refractivity contribution in [2.75, 3.05) is 11.9 Å². The van der Waals surface area contributed by atoms with Crippen LogP contribution in [0.2, 0.25) is 0 Å². The van der Waals surface area contributed by atoms with Crippen molar-refractivity contribution in [3.63, 3.8) is 0 Å². The molecule has 0 unspecified atom stereocenters. The van der Waals surface area contributed by atoms with E-state index in [-0.39, 0.29) is 17.9 Å². The number of fused-ring (bicyclic) bond motifs is 1. The number of carbonyl (C=O) groups excluding carboxylic acids is 1. The molecule has 0 aliphatic rings. The lowest BCUT2D eigenvalue weighted by molar-refractivity contribution is -0.115. The highest BCUT2D eigenvalue weighted by molar-refractivity contribution is 5.93. The molecule has 3 aromatic heterocycles. The largest absolute Gasteiger partial charge is 0.476 e. The van der Waals surface area contributed by atoms with E-state index in [1.807, 2.05) is 6.92 Å². The van der Waals surface area contributed by atoms with Gasteiger partial charge in [-0.05, 0) is 26.0 Å². The smallest absolute Gasteiger partial charge is 0.276 e. The van der Waals surface area contributed by atoms with Crippen molar-refractivity contribution in [1.82, 2.24) is 19.6 Å². The Hall–Kier alpha value is -3.16. The zero-order valence-electron chi connectivity index (χ0n) is 13.4. The minimum absolute atomic E-state index is 0.0832. The van der Waals surface area contributed by atoms with E-state index in [0.717, 1.165) is 0 Å². The summed E-state index contributed by atoms with van der Waals surface area (Å²) < 4.78 is 6.68. The molecule has 0 atom stereocenters. The molecule has 3 rings (SSSR count). The fourth-order valence-corrected chi connectivity index (χ4v) is 2.40. The Labute approximate surface area is 137 Å². The van der Waals surface area contributed by atoms with E-state index >= 15 is 0 Å². The van der Waals surface area contributed by atoms with E-state index in [2.05, 4.69) is 20.4 Å². The summed E-state index contributed by atoms with van der Waals surface area (Å²) in [5.41, 5.74) is 1.58. The first-order valence-corrected chi connectivity index (χ1v) is 7.53. The molecular formula is C16H17N5O3. The van der Waals surface area contributed by atoms with Gasteiger partial charge in [-0.1, -0.05) is 0 Å². The standard InChI is InChI=1S/C16H17N5O3/c1-3-24-15-12(5-4-7-17-15)20-14(22)9-11-10(2)19-13-6-8-18-21(13)16(11)23/h4-8,18H,3,9H2,1-2H3,(H,20,22). The van der Waals surface area contributed by atoms with Crippen molar-refractivity contribution in [3.05, 3.63) is 52.2 Å². The van der Waals surface area contributed by atoms with E-state index < -0.39 is 0 Å². The molecule has 124 valence electrons. The second kappa shape index (κ2) is 6.53. The maximum Gasteiger partial charge on any atom is 0.276 e. The number of hydrogen-bond donors (Lipinski definition) is 2. The Morgan fingerprint density at radius 3 is 3.04 bits per heavy atom. The lowest BCUT2D eigenvalue weighted by Gasteiger charge is -2.10. The van der Waals surface area contributed by atoms with Gasteiger partial charge in [-0.3, -0.25) is 14.7 Å². The fourth-order valence-electron chi connectivity index (χ4n) is 2.40. The van der Waals surface area contributed by atoms with E-state index in [4.69, 9.17) is 4.74 Å². The Balaban J connectivity index is 1.84. The normalized spacial score (nSPS) is 10.8. The average molecular weight is 327 g/mol. The van der Waals surface area contributed by atoms with Gasteiger partial charge in [-0.2, -0.15) is 0 Å². The third-order valence-corrected chi connectivity index (χ3v) is 3.51. The molecule has 0 fully saturated rings. The van der Waals surface area contributed by atoms with Crippen molar-refractivity contribution in [2.24, 2.45) is 0 Å². The zero-order chi connectivity index (χ0) is 17.1. The molecule has 3 heterocycles. The minimum atomic E-state index is -0.336. The predicted octanol–water partition coefficient (Wildman–Crippen LogP) is 1.31. The average Bonchev–Trinajstić information content (AvgIpc) is 3.02. The molecule has 0 aliphatic heterocycles. The van der Waals surface area contributed by atoms with Gasteiger partial charge in [-0.15, -0.1) is 0 Å². The monoisotopic (exact) mass is 327 g/mol. The van der Waals surface area contributed by atoms with E-state index in [0.29, 0.717) is 35.1 Å². The highest BCUT2D eigenvalue weighted by Crippen LogP contribution is 2.20. The summed E-state index contributed by atoms with van der Waals surface area (Å²) in [5, 5.41) is 5.51. The number of hydrogen-bond acceptors (Lipinski definition) is 5. The number of H-pyrrole nitrogens is 1. The van der Waals surface area contributed by atoms with Crippen molar-refractivity contribution in [2.45, 2.75) is 20.3 Å². The van der Waals surface area contributed by atoms with Crippen LogP contribution in [0.3, 0.4) is 0 Å². The second-order valence-electron chi connectivity index (χ2n) is 5.15.